The lowest BCUT2D eigenvalue weighted by Gasteiger charge is -2.10. The second kappa shape index (κ2) is 11.1. The molecule has 2 aromatic heterocycles. The van der Waals surface area contributed by atoms with E-state index in [9.17, 15) is 13.2 Å². The van der Waals surface area contributed by atoms with Crippen molar-refractivity contribution in [3.8, 4) is 0 Å². The minimum Gasteiger partial charge on any atom is -0.352 e. The number of sulfonamides is 1. The Morgan fingerprint density at radius 1 is 0.771 bits per heavy atom. The fourth-order valence-electron chi connectivity index (χ4n) is 3.04. The van der Waals surface area contributed by atoms with Gasteiger partial charge in [0.25, 0.3) is 15.9 Å². The number of hydrogen-bond acceptors (Lipinski definition) is 8. The molecule has 4 rings (SSSR count). The Hall–Kier alpha value is -4.51. The van der Waals surface area contributed by atoms with Crippen LogP contribution in [0.3, 0.4) is 0 Å². The number of anilines is 4. The van der Waals surface area contributed by atoms with Gasteiger partial charge in [0.1, 0.15) is 11.6 Å². The molecule has 0 atom stereocenters. The summed E-state index contributed by atoms with van der Waals surface area (Å²) in [7, 11) is -3.75. The van der Waals surface area contributed by atoms with Crippen LogP contribution in [0.2, 0.25) is 0 Å². The van der Waals surface area contributed by atoms with Crippen molar-refractivity contribution in [3.63, 3.8) is 0 Å². The minimum absolute atomic E-state index is 0.108. The molecule has 0 spiro atoms. The summed E-state index contributed by atoms with van der Waals surface area (Å²) in [4.78, 5) is 24.7. The topological polar surface area (TPSA) is 138 Å². The van der Waals surface area contributed by atoms with Crippen molar-refractivity contribution in [3.05, 3.63) is 96.8 Å². The SMILES string of the molecule is O=C(NCCNc1nccc(Nc2ccc(S(=O)(=O)Nc3ccccn3)cc2)n1)c1ccccc1. The molecule has 2 heterocycles. The largest absolute Gasteiger partial charge is 0.352 e. The van der Waals surface area contributed by atoms with Crippen LogP contribution in [0.15, 0.2) is 96.2 Å². The summed E-state index contributed by atoms with van der Waals surface area (Å²) in [6, 6.07) is 21.9. The van der Waals surface area contributed by atoms with E-state index in [0.717, 1.165) is 0 Å². The monoisotopic (exact) mass is 489 g/mol. The summed E-state index contributed by atoms with van der Waals surface area (Å²) in [6.07, 6.45) is 3.10. The van der Waals surface area contributed by atoms with Crippen LogP contribution in [0.1, 0.15) is 10.4 Å². The number of aromatic nitrogens is 3. The van der Waals surface area contributed by atoms with E-state index in [0.29, 0.717) is 36.1 Å². The van der Waals surface area contributed by atoms with Crippen molar-refractivity contribution < 1.29 is 13.2 Å². The summed E-state index contributed by atoms with van der Waals surface area (Å²) in [6.45, 7) is 0.842. The van der Waals surface area contributed by atoms with Crippen LogP contribution in [0.5, 0.6) is 0 Å². The number of nitrogens with one attached hydrogen (secondary N) is 4. The number of carbonyl (C=O) groups is 1. The summed E-state index contributed by atoms with van der Waals surface area (Å²) >= 11 is 0. The van der Waals surface area contributed by atoms with E-state index in [1.165, 1.54) is 18.3 Å². The number of rotatable bonds is 10. The molecule has 0 aliphatic rings. The standard InChI is InChI=1S/C24H23N7O3S/c32-23(18-6-2-1-3-7-18)26-16-17-28-24-27-15-13-22(30-24)29-19-9-11-20(12-10-19)35(33,34)31-21-8-4-5-14-25-21/h1-15H,16-17H2,(H,25,31)(H,26,32)(H2,27,28,29,30). The summed E-state index contributed by atoms with van der Waals surface area (Å²) in [5, 5.41) is 9.00. The molecule has 178 valence electrons. The highest BCUT2D eigenvalue weighted by Crippen LogP contribution is 2.19. The molecule has 1 amide bonds. The fraction of sp³-hybridized carbons (Fsp3) is 0.0833. The Kier molecular flexibility index (Phi) is 7.48. The highest BCUT2D eigenvalue weighted by atomic mass is 32.2. The molecule has 0 saturated heterocycles. The number of pyridine rings is 1. The van der Waals surface area contributed by atoms with Crippen LogP contribution in [-0.2, 0) is 10.0 Å². The lowest BCUT2D eigenvalue weighted by atomic mass is 10.2. The van der Waals surface area contributed by atoms with Crippen molar-refractivity contribution >= 4 is 39.2 Å². The first-order valence-corrected chi connectivity index (χ1v) is 12.2. The normalized spacial score (nSPS) is 10.9. The molecule has 0 fully saturated rings. The van der Waals surface area contributed by atoms with Crippen LogP contribution >= 0.6 is 0 Å². The van der Waals surface area contributed by atoms with Crippen molar-refractivity contribution in [1.29, 1.82) is 0 Å². The Labute approximate surface area is 202 Å². The molecule has 35 heavy (non-hydrogen) atoms. The molecule has 0 unspecified atom stereocenters. The third-order valence-electron chi connectivity index (χ3n) is 4.73. The van der Waals surface area contributed by atoms with E-state index in [2.05, 4.69) is 35.6 Å². The molecule has 4 aromatic rings. The van der Waals surface area contributed by atoms with Crippen molar-refractivity contribution in [2.45, 2.75) is 4.90 Å². The van der Waals surface area contributed by atoms with Gasteiger partial charge in [0.15, 0.2) is 0 Å². The minimum atomic E-state index is -3.75. The Morgan fingerprint density at radius 2 is 1.54 bits per heavy atom. The van der Waals surface area contributed by atoms with E-state index in [1.807, 2.05) is 18.2 Å². The first kappa shape index (κ1) is 23.6. The molecule has 10 nitrogen and oxygen atoms in total. The van der Waals surface area contributed by atoms with Gasteiger partial charge in [-0.15, -0.1) is 0 Å². The van der Waals surface area contributed by atoms with Gasteiger partial charge in [-0.25, -0.2) is 18.4 Å². The Balaban J connectivity index is 1.30. The van der Waals surface area contributed by atoms with Gasteiger partial charge in [0.05, 0.1) is 4.90 Å². The molecule has 0 radical (unpaired) electrons. The highest BCUT2D eigenvalue weighted by molar-refractivity contribution is 7.92. The maximum atomic E-state index is 12.5. The van der Waals surface area contributed by atoms with E-state index >= 15 is 0 Å². The van der Waals surface area contributed by atoms with Gasteiger partial charge in [0, 0.05) is 36.7 Å². The summed E-state index contributed by atoms with van der Waals surface area (Å²) in [5.74, 6) is 1.01. The number of amides is 1. The van der Waals surface area contributed by atoms with Gasteiger partial charge in [-0.3, -0.25) is 9.52 Å². The molecule has 0 aliphatic carbocycles. The Bertz CT molecular complexity index is 1370. The molecule has 0 aliphatic heterocycles. The lowest BCUT2D eigenvalue weighted by molar-refractivity contribution is 0.0955. The van der Waals surface area contributed by atoms with Crippen LogP contribution in [0.25, 0.3) is 0 Å². The van der Waals surface area contributed by atoms with Crippen LogP contribution in [0, 0.1) is 0 Å². The van der Waals surface area contributed by atoms with Gasteiger partial charge < -0.3 is 16.0 Å². The van der Waals surface area contributed by atoms with Gasteiger partial charge in [-0.1, -0.05) is 24.3 Å². The molecule has 4 N–H and O–H groups in total. The van der Waals surface area contributed by atoms with Crippen molar-refractivity contribution in [2.24, 2.45) is 0 Å². The number of benzene rings is 2. The van der Waals surface area contributed by atoms with Crippen LogP contribution < -0.4 is 20.7 Å². The highest BCUT2D eigenvalue weighted by Gasteiger charge is 2.14. The Morgan fingerprint density at radius 3 is 2.29 bits per heavy atom. The first-order valence-electron chi connectivity index (χ1n) is 10.7. The van der Waals surface area contributed by atoms with Gasteiger partial charge in [-0.2, -0.15) is 4.98 Å². The smallest absolute Gasteiger partial charge is 0.263 e. The second-order valence-corrected chi connectivity index (χ2v) is 8.97. The van der Waals surface area contributed by atoms with Crippen LogP contribution in [0.4, 0.5) is 23.3 Å². The maximum absolute atomic E-state index is 12.5. The van der Waals surface area contributed by atoms with Gasteiger partial charge >= 0.3 is 0 Å². The average molecular weight is 490 g/mol. The third-order valence-corrected chi connectivity index (χ3v) is 6.10. The molecule has 0 bridgehead atoms. The van der Waals surface area contributed by atoms with Crippen LogP contribution in [-0.4, -0.2) is 42.4 Å². The summed E-state index contributed by atoms with van der Waals surface area (Å²) in [5.41, 5.74) is 1.25. The average Bonchev–Trinajstić information content (AvgIpc) is 2.88. The predicted octanol–water partition coefficient (Wildman–Crippen LogP) is 3.26. The number of carbonyl (C=O) groups excluding carboxylic acids is 1. The van der Waals surface area contributed by atoms with Crippen molar-refractivity contribution in [1.82, 2.24) is 20.3 Å². The van der Waals surface area contributed by atoms with E-state index in [4.69, 9.17) is 0 Å². The third kappa shape index (κ3) is 6.74. The quantitative estimate of drug-likeness (QED) is 0.249. The zero-order valence-corrected chi connectivity index (χ0v) is 19.4. The van der Waals surface area contributed by atoms with Crippen molar-refractivity contribution in [2.75, 3.05) is 28.4 Å². The molecule has 2 aromatic carbocycles. The van der Waals surface area contributed by atoms with Gasteiger partial charge in [0.2, 0.25) is 5.95 Å². The molecular formula is C24H23N7O3S. The molecule has 0 saturated carbocycles. The summed E-state index contributed by atoms with van der Waals surface area (Å²) < 4.78 is 27.5. The zero-order chi connectivity index (χ0) is 24.5. The lowest BCUT2D eigenvalue weighted by Crippen LogP contribution is -2.29. The molecular weight excluding hydrogens is 466 g/mol. The van der Waals surface area contributed by atoms with Gasteiger partial charge in [-0.05, 0) is 54.6 Å². The molecule has 11 heteroatoms. The second-order valence-electron chi connectivity index (χ2n) is 7.28. The zero-order valence-electron chi connectivity index (χ0n) is 18.5. The number of hydrogen-bond donors (Lipinski definition) is 4. The number of nitrogens with zero attached hydrogens (tertiary/aromatic N) is 3. The van der Waals surface area contributed by atoms with E-state index in [-0.39, 0.29) is 16.6 Å². The first-order chi connectivity index (χ1) is 17.0. The predicted molar refractivity (Wildman–Crippen MR) is 134 cm³/mol. The fourth-order valence-corrected chi connectivity index (χ4v) is 4.05. The van der Waals surface area contributed by atoms with E-state index < -0.39 is 10.0 Å². The maximum Gasteiger partial charge on any atom is 0.263 e. The van der Waals surface area contributed by atoms with E-state index in [1.54, 1.807) is 54.7 Å².